The van der Waals surface area contributed by atoms with Crippen molar-refractivity contribution in [2.24, 2.45) is 5.73 Å². The van der Waals surface area contributed by atoms with Gasteiger partial charge in [0.25, 0.3) is 10.0 Å². The molecule has 0 atom stereocenters. The van der Waals surface area contributed by atoms with E-state index in [9.17, 15) is 8.42 Å². The van der Waals surface area contributed by atoms with E-state index in [1.165, 1.54) is 11.3 Å². The molecule has 1 aromatic heterocycles. The number of aryl methyl sites for hydroxylation is 3. The van der Waals surface area contributed by atoms with Crippen molar-refractivity contribution in [1.82, 2.24) is 0 Å². The third-order valence-electron chi connectivity index (χ3n) is 3.11. The van der Waals surface area contributed by atoms with Gasteiger partial charge in [-0.05, 0) is 64.8 Å². The summed E-state index contributed by atoms with van der Waals surface area (Å²) in [5.74, 6) is 0. The Bertz CT molecular complexity index is 759. The first-order chi connectivity index (χ1) is 9.76. The van der Waals surface area contributed by atoms with Gasteiger partial charge in [0, 0.05) is 15.9 Å². The quantitative estimate of drug-likeness (QED) is 0.838. The monoisotopic (exact) mass is 388 g/mol. The fraction of sp³-hybridized carbons (Fsp3) is 0.286. The summed E-state index contributed by atoms with van der Waals surface area (Å²) in [6, 6.07) is 3.82. The van der Waals surface area contributed by atoms with E-state index in [0.29, 0.717) is 21.0 Å². The maximum atomic E-state index is 12.7. The lowest BCUT2D eigenvalue weighted by atomic mass is 10.1. The third-order valence-corrected chi connectivity index (χ3v) is 6.57. The normalized spacial score (nSPS) is 11.7. The van der Waals surface area contributed by atoms with E-state index in [-0.39, 0.29) is 6.54 Å². The molecule has 21 heavy (non-hydrogen) atoms. The summed E-state index contributed by atoms with van der Waals surface area (Å²) in [4.78, 5) is 0.961. The molecule has 1 aromatic carbocycles. The molecule has 0 spiro atoms. The zero-order valence-electron chi connectivity index (χ0n) is 12.0. The fourth-order valence-electron chi connectivity index (χ4n) is 2.22. The second-order valence-electron chi connectivity index (χ2n) is 4.92. The number of hydrogen-bond acceptors (Lipinski definition) is 4. The van der Waals surface area contributed by atoms with Crippen LogP contribution in [0.5, 0.6) is 0 Å². The van der Waals surface area contributed by atoms with Gasteiger partial charge in [-0.25, -0.2) is 8.42 Å². The average Bonchev–Trinajstić information content (AvgIpc) is 2.76. The Labute approximate surface area is 137 Å². The Balaban J connectivity index is 2.50. The van der Waals surface area contributed by atoms with E-state index < -0.39 is 10.0 Å². The first-order valence-corrected chi connectivity index (χ1v) is 9.48. The number of nitrogens with two attached hydrogens (primary N) is 1. The maximum Gasteiger partial charge on any atom is 0.263 e. The third kappa shape index (κ3) is 3.31. The lowest BCUT2D eigenvalue weighted by Crippen LogP contribution is -2.17. The standard InChI is InChI=1S/C14H17BrN2O2S2/c1-8-4-9(2)13(11(15)5-8)17-21(18,19)14-10(3)7-20-12(14)6-16/h4-5,7,17H,6,16H2,1-3H3. The molecule has 4 nitrogen and oxygen atoms in total. The Morgan fingerprint density at radius 2 is 1.90 bits per heavy atom. The summed E-state index contributed by atoms with van der Waals surface area (Å²) in [5, 5.41) is 1.81. The van der Waals surface area contributed by atoms with Crippen molar-refractivity contribution in [3.05, 3.63) is 43.6 Å². The summed E-state index contributed by atoms with van der Waals surface area (Å²) < 4.78 is 28.7. The highest BCUT2D eigenvalue weighted by Gasteiger charge is 2.24. The Morgan fingerprint density at radius 3 is 2.48 bits per heavy atom. The fourth-order valence-corrected chi connectivity index (χ4v) is 5.98. The summed E-state index contributed by atoms with van der Waals surface area (Å²) in [6.07, 6.45) is 0. The number of sulfonamides is 1. The largest absolute Gasteiger partial charge is 0.326 e. The second kappa shape index (κ2) is 6.08. The van der Waals surface area contributed by atoms with E-state index in [4.69, 9.17) is 5.73 Å². The van der Waals surface area contributed by atoms with E-state index in [1.807, 2.05) is 31.4 Å². The van der Waals surface area contributed by atoms with Gasteiger partial charge >= 0.3 is 0 Å². The molecule has 0 saturated carbocycles. The van der Waals surface area contributed by atoms with Crippen molar-refractivity contribution in [2.75, 3.05) is 4.72 Å². The molecule has 0 bridgehead atoms. The molecular weight excluding hydrogens is 372 g/mol. The number of rotatable bonds is 4. The van der Waals surface area contributed by atoms with E-state index in [1.54, 1.807) is 6.92 Å². The predicted molar refractivity (Wildman–Crippen MR) is 91.4 cm³/mol. The van der Waals surface area contributed by atoms with Crippen LogP contribution in [0.1, 0.15) is 21.6 Å². The minimum Gasteiger partial charge on any atom is -0.326 e. The van der Waals surface area contributed by atoms with Crippen molar-refractivity contribution in [1.29, 1.82) is 0 Å². The van der Waals surface area contributed by atoms with Crippen LogP contribution in [0.25, 0.3) is 0 Å². The topological polar surface area (TPSA) is 72.2 Å². The molecule has 2 aromatic rings. The van der Waals surface area contributed by atoms with Gasteiger partial charge in [0.2, 0.25) is 0 Å². The van der Waals surface area contributed by atoms with Crippen LogP contribution in [0.3, 0.4) is 0 Å². The SMILES string of the molecule is Cc1cc(C)c(NS(=O)(=O)c2c(C)csc2CN)c(Br)c1. The number of nitrogens with one attached hydrogen (secondary N) is 1. The van der Waals surface area contributed by atoms with Gasteiger partial charge < -0.3 is 5.73 Å². The highest BCUT2D eigenvalue weighted by Crippen LogP contribution is 2.33. The highest BCUT2D eigenvalue weighted by molar-refractivity contribution is 9.10. The van der Waals surface area contributed by atoms with Gasteiger partial charge in [0.05, 0.1) is 5.69 Å². The van der Waals surface area contributed by atoms with Gasteiger partial charge in [0.1, 0.15) is 4.90 Å². The summed E-state index contributed by atoms with van der Waals surface area (Å²) in [5.41, 5.74) is 8.86. The summed E-state index contributed by atoms with van der Waals surface area (Å²) >= 11 is 4.79. The number of benzene rings is 1. The molecule has 0 amide bonds. The van der Waals surface area contributed by atoms with Crippen LogP contribution in [0.4, 0.5) is 5.69 Å². The Hall–Kier alpha value is -0.890. The van der Waals surface area contributed by atoms with E-state index in [0.717, 1.165) is 15.6 Å². The molecule has 3 N–H and O–H groups in total. The minimum atomic E-state index is -3.65. The molecule has 114 valence electrons. The lowest BCUT2D eigenvalue weighted by Gasteiger charge is -2.14. The molecule has 0 fully saturated rings. The van der Waals surface area contributed by atoms with Crippen LogP contribution in [0.2, 0.25) is 0 Å². The molecule has 7 heteroatoms. The second-order valence-corrected chi connectivity index (χ2v) is 8.36. The molecule has 2 rings (SSSR count). The van der Waals surface area contributed by atoms with Crippen LogP contribution in [-0.2, 0) is 16.6 Å². The van der Waals surface area contributed by atoms with Crippen LogP contribution in [0, 0.1) is 20.8 Å². The lowest BCUT2D eigenvalue weighted by molar-refractivity contribution is 0.600. The number of hydrogen-bond donors (Lipinski definition) is 2. The van der Waals surface area contributed by atoms with Gasteiger partial charge in [-0.2, -0.15) is 0 Å². The minimum absolute atomic E-state index is 0.211. The molecule has 0 saturated heterocycles. The molecule has 0 aliphatic rings. The van der Waals surface area contributed by atoms with Gasteiger partial charge in [-0.15, -0.1) is 11.3 Å². The van der Waals surface area contributed by atoms with Crippen molar-refractivity contribution in [3.63, 3.8) is 0 Å². The molecule has 0 unspecified atom stereocenters. The Morgan fingerprint density at radius 1 is 1.24 bits per heavy atom. The van der Waals surface area contributed by atoms with Crippen LogP contribution in [0.15, 0.2) is 26.9 Å². The van der Waals surface area contributed by atoms with E-state index in [2.05, 4.69) is 20.7 Å². The summed E-state index contributed by atoms with van der Waals surface area (Å²) in [7, 11) is -3.65. The van der Waals surface area contributed by atoms with Gasteiger partial charge in [-0.3, -0.25) is 4.72 Å². The number of halogens is 1. The molecule has 0 aliphatic carbocycles. The molecule has 1 heterocycles. The van der Waals surface area contributed by atoms with Crippen molar-refractivity contribution >= 4 is 43.0 Å². The van der Waals surface area contributed by atoms with Gasteiger partial charge in [0.15, 0.2) is 0 Å². The van der Waals surface area contributed by atoms with Crippen LogP contribution in [-0.4, -0.2) is 8.42 Å². The average molecular weight is 389 g/mol. The van der Waals surface area contributed by atoms with Gasteiger partial charge in [-0.1, -0.05) is 6.07 Å². The number of anilines is 1. The van der Waals surface area contributed by atoms with Crippen molar-refractivity contribution in [2.45, 2.75) is 32.2 Å². The van der Waals surface area contributed by atoms with Crippen molar-refractivity contribution in [3.8, 4) is 0 Å². The highest BCUT2D eigenvalue weighted by atomic mass is 79.9. The molecule has 0 aliphatic heterocycles. The number of thiophene rings is 1. The maximum absolute atomic E-state index is 12.7. The smallest absolute Gasteiger partial charge is 0.263 e. The Kier molecular flexibility index (Phi) is 4.77. The van der Waals surface area contributed by atoms with E-state index >= 15 is 0 Å². The zero-order valence-corrected chi connectivity index (χ0v) is 15.2. The van der Waals surface area contributed by atoms with Crippen LogP contribution < -0.4 is 10.5 Å². The first-order valence-electron chi connectivity index (χ1n) is 6.33. The van der Waals surface area contributed by atoms with Crippen molar-refractivity contribution < 1.29 is 8.42 Å². The molecule has 0 radical (unpaired) electrons. The predicted octanol–water partition coefficient (Wildman–Crippen LogP) is 3.70. The summed E-state index contributed by atoms with van der Waals surface area (Å²) in [6.45, 7) is 5.83. The zero-order chi connectivity index (χ0) is 15.8. The molecular formula is C14H17BrN2O2S2. The van der Waals surface area contributed by atoms with Crippen LogP contribution >= 0.6 is 27.3 Å². The first kappa shape index (κ1) is 16.5.